The number of rotatable bonds is 3. The third kappa shape index (κ3) is 3.14. The topological polar surface area (TPSA) is 111 Å². The summed E-state index contributed by atoms with van der Waals surface area (Å²) in [7, 11) is 0. The molecule has 3 aromatic rings. The van der Waals surface area contributed by atoms with Gasteiger partial charge in [-0.2, -0.15) is 0 Å². The molecule has 8 heteroatoms. The van der Waals surface area contributed by atoms with E-state index in [1.54, 1.807) is 24.3 Å². The monoisotopic (exact) mass is 394 g/mol. The third-order valence-electron chi connectivity index (χ3n) is 4.93. The maximum absolute atomic E-state index is 13.2. The zero-order valence-corrected chi connectivity index (χ0v) is 14.9. The van der Waals surface area contributed by atoms with Crippen molar-refractivity contribution in [3.63, 3.8) is 0 Å². The number of nitrogens with one attached hydrogen (secondary N) is 1. The number of hydrogen-bond acceptors (Lipinski definition) is 3. The molecule has 146 valence electrons. The SMILES string of the molecule is O=C(O)C1=CN(C(=O)c2ccc(F)cc2)C(C(=O)O)Cc2c1[nH]c1ccccc21. The summed E-state index contributed by atoms with van der Waals surface area (Å²) in [5.74, 6) is -3.86. The van der Waals surface area contributed by atoms with Crippen LogP contribution >= 0.6 is 0 Å². The van der Waals surface area contributed by atoms with Crippen LogP contribution in [0.25, 0.3) is 16.5 Å². The van der Waals surface area contributed by atoms with Gasteiger partial charge in [0.15, 0.2) is 0 Å². The van der Waals surface area contributed by atoms with E-state index >= 15 is 0 Å². The lowest BCUT2D eigenvalue weighted by atomic mass is 10.0. The molecule has 3 N–H and O–H groups in total. The predicted octanol–water partition coefficient (Wildman–Crippen LogP) is 2.88. The molecule has 1 amide bonds. The third-order valence-corrected chi connectivity index (χ3v) is 4.93. The molecular formula is C21H15FN2O5. The molecule has 7 nitrogen and oxygen atoms in total. The van der Waals surface area contributed by atoms with Gasteiger partial charge < -0.3 is 15.2 Å². The number of carboxylic acid groups (broad SMARTS) is 2. The van der Waals surface area contributed by atoms with Crippen LogP contribution in [-0.4, -0.2) is 44.0 Å². The zero-order chi connectivity index (χ0) is 20.7. The molecule has 0 saturated carbocycles. The zero-order valence-electron chi connectivity index (χ0n) is 14.9. The van der Waals surface area contributed by atoms with Crippen molar-refractivity contribution in [2.45, 2.75) is 12.5 Å². The minimum absolute atomic E-state index is 0.0501. The number of amides is 1. The summed E-state index contributed by atoms with van der Waals surface area (Å²) in [5.41, 5.74) is 1.27. The highest BCUT2D eigenvalue weighted by Gasteiger charge is 2.36. The van der Waals surface area contributed by atoms with Crippen LogP contribution in [0.3, 0.4) is 0 Å². The van der Waals surface area contributed by atoms with Crippen LogP contribution < -0.4 is 0 Å². The van der Waals surface area contributed by atoms with Crippen LogP contribution in [0.2, 0.25) is 0 Å². The molecule has 0 aliphatic carbocycles. The second-order valence-electron chi connectivity index (χ2n) is 6.65. The van der Waals surface area contributed by atoms with Gasteiger partial charge in [0.2, 0.25) is 0 Å². The van der Waals surface area contributed by atoms with Gasteiger partial charge in [-0.25, -0.2) is 14.0 Å². The first-order chi connectivity index (χ1) is 13.9. The van der Waals surface area contributed by atoms with Crippen LogP contribution in [-0.2, 0) is 16.0 Å². The molecule has 2 heterocycles. The second kappa shape index (κ2) is 6.90. The second-order valence-corrected chi connectivity index (χ2v) is 6.65. The molecule has 0 spiro atoms. The summed E-state index contributed by atoms with van der Waals surface area (Å²) >= 11 is 0. The van der Waals surface area contributed by atoms with E-state index in [9.17, 15) is 29.0 Å². The van der Waals surface area contributed by atoms with E-state index in [2.05, 4.69) is 4.98 Å². The number of H-pyrrole nitrogens is 1. The van der Waals surface area contributed by atoms with Gasteiger partial charge in [-0.05, 0) is 35.9 Å². The Morgan fingerprint density at radius 1 is 1.03 bits per heavy atom. The molecule has 1 atom stereocenters. The van der Waals surface area contributed by atoms with Gasteiger partial charge in [-0.3, -0.25) is 9.69 Å². The van der Waals surface area contributed by atoms with Gasteiger partial charge in [-0.1, -0.05) is 18.2 Å². The van der Waals surface area contributed by atoms with Crippen molar-refractivity contribution in [2.75, 3.05) is 0 Å². The summed E-state index contributed by atoms with van der Waals surface area (Å²) in [6.07, 6.45) is 0.947. The number of carbonyl (C=O) groups excluding carboxylic acids is 1. The Labute approximate surface area is 163 Å². The first-order valence-electron chi connectivity index (χ1n) is 8.73. The first kappa shape index (κ1) is 18.4. The number of aliphatic carboxylic acids is 2. The highest BCUT2D eigenvalue weighted by atomic mass is 19.1. The van der Waals surface area contributed by atoms with Crippen molar-refractivity contribution in [3.8, 4) is 0 Å². The number of para-hydroxylation sites is 1. The summed E-state index contributed by atoms with van der Waals surface area (Å²) < 4.78 is 13.2. The van der Waals surface area contributed by atoms with E-state index < -0.39 is 29.7 Å². The Morgan fingerprint density at radius 2 is 1.72 bits per heavy atom. The van der Waals surface area contributed by atoms with Gasteiger partial charge in [0.05, 0.1) is 11.3 Å². The van der Waals surface area contributed by atoms with E-state index in [1.807, 2.05) is 0 Å². The van der Waals surface area contributed by atoms with Crippen LogP contribution in [0, 0.1) is 5.82 Å². The van der Waals surface area contributed by atoms with Gasteiger partial charge in [0.1, 0.15) is 11.9 Å². The van der Waals surface area contributed by atoms with Crippen molar-refractivity contribution in [1.29, 1.82) is 0 Å². The summed E-state index contributed by atoms with van der Waals surface area (Å²) in [6.45, 7) is 0. The molecule has 2 aromatic carbocycles. The summed E-state index contributed by atoms with van der Waals surface area (Å²) in [6, 6.07) is 10.4. The quantitative estimate of drug-likeness (QED) is 0.633. The average Bonchev–Trinajstić information content (AvgIpc) is 2.95. The lowest BCUT2D eigenvalue weighted by molar-refractivity contribution is -0.141. The fraction of sp³-hybridized carbons (Fsp3) is 0.0952. The largest absolute Gasteiger partial charge is 0.480 e. The lowest BCUT2D eigenvalue weighted by Crippen LogP contribution is -2.42. The molecule has 1 aliphatic heterocycles. The summed E-state index contributed by atoms with van der Waals surface area (Å²) in [4.78, 5) is 40.9. The molecule has 0 fully saturated rings. The number of carboxylic acids is 2. The van der Waals surface area contributed by atoms with Gasteiger partial charge in [-0.15, -0.1) is 0 Å². The van der Waals surface area contributed by atoms with Crippen molar-refractivity contribution in [2.24, 2.45) is 0 Å². The predicted molar refractivity (Wildman–Crippen MR) is 102 cm³/mol. The molecule has 4 rings (SSSR count). The van der Waals surface area contributed by atoms with E-state index in [0.29, 0.717) is 16.5 Å². The Hall–Kier alpha value is -3.94. The van der Waals surface area contributed by atoms with Gasteiger partial charge in [0, 0.05) is 29.1 Å². The smallest absolute Gasteiger partial charge is 0.339 e. The first-order valence-corrected chi connectivity index (χ1v) is 8.73. The van der Waals surface area contributed by atoms with Crippen LogP contribution in [0.1, 0.15) is 21.6 Å². The number of aromatic amines is 1. The molecule has 1 aliphatic rings. The molecule has 1 unspecified atom stereocenters. The van der Waals surface area contributed by atoms with Crippen molar-refractivity contribution in [3.05, 3.63) is 77.4 Å². The summed E-state index contributed by atoms with van der Waals surface area (Å²) in [5, 5.41) is 20.2. The Balaban J connectivity index is 1.90. The highest BCUT2D eigenvalue weighted by molar-refractivity contribution is 6.17. The van der Waals surface area contributed by atoms with Crippen LogP contribution in [0.5, 0.6) is 0 Å². The number of aromatic nitrogens is 1. The minimum Gasteiger partial charge on any atom is -0.480 e. The molecule has 1 aromatic heterocycles. The fourth-order valence-electron chi connectivity index (χ4n) is 3.54. The van der Waals surface area contributed by atoms with Crippen molar-refractivity contribution in [1.82, 2.24) is 9.88 Å². The number of hydrogen-bond donors (Lipinski definition) is 3. The Kier molecular flexibility index (Phi) is 4.38. The van der Waals surface area contributed by atoms with Crippen LogP contribution in [0.15, 0.2) is 54.7 Å². The minimum atomic E-state index is -1.33. The maximum Gasteiger partial charge on any atom is 0.339 e. The standard InChI is InChI=1S/C21H15FN2O5/c22-12-7-5-11(6-8-12)19(25)24-10-15(20(26)27)18-14(9-17(24)21(28)29)13-3-1-2-4-16(13)23-18/h1-8,10,17,23H,9H2,(H,26,27)(H,28,29). The average molecular weight is 394 g/mol. The number of halogens is 1. The maximum atomic E-state index is 13.2. The van der Waals surface area contributed by atoms with E-state index in [4.69, 9.17) is 0 Å². The molecule has 0 bridgehead atoms. The molecule has 29 heavy (non-hydrogen) atoms. The molecule has 0 radical (unpaired) electrons. The highest BCUT2D eigenvalue weighted by Crippen LogP contribution is 2.33. The molecular weight excluding hydrogens is 379 g/mol. The van der Waals surface area contributed by atoms with Crippen LogP contribution in [0.4, 0.5) is 4.39 Å². The Morgan fingerprint density at radius 3 is 2.38 bits per heavy atom. The molecule has 0 saturated heterocycles. The fourth-order valence-corrected chi connectivity index (χ4v) is 3.54. The van der Waals surface area contributed by atoms with Crippen molar-refractivity contribution >= 4 is 34.3 Å². The number of benzene rings is 2. The Bertz CT molecular complexity index is 1180. The number of carbonyl (C=O) groups is 3. The van der Waals surface area contributed by atoms with Crippen molar-refractivity contribution < 1.29 is 29.0 Å². The number of fused-ring (bicyclic) bond motifs is 3. The van der Waals surface area contributed by atoms with Gasteiger partial charge >= 0.3 is 11.9 Å². The van der Waals surface area contributed by atoms with E-state index in [0.717, 1.165) is 23.2 Å². The van der Waals surface area contributed by atoms with E-state index in [1.165, 1.54) is 12.1 Å². The van der Waals surface area contributed by atoms with E-state index in [-0.39, 0.29) is 23.3 Å². The van der Waals surface area contributed by atoms with Gasteiger partial charge in [0.25, 0.3) is 5.91 Å². The lowest BCUT2D eigenvalue weighted by Gasteiger charge is -2.24. The normalized spacial score (nSPS) is 16.1. The number of nitrogens with zero attached hydrogens (tertiary/aromatic N) is 1.